The minimum atomic E-state index is -0.361. The average Bonchev–Trinajstić information content (AvgIpc) is 2.57. The molecule has 23 heavy (non-hydrogen) atoms. The Morgan fingerprint density at radius 3 is 1.87 bits per heavy atom. The molecule has 0 radical (unpaired) electrons. The summed E-state index contributed by atoms with van der Waals surface area (Å²) in [5, 5.41) is 0. The van der Waals surface area contributed by atoms with Gasteiger partial charge in [0.25, 0.3) is 0 Å². The lowest BCUT2D eigenvalue weighted by atomic mass is 10.0. The van der Waals surface area contributed by atoms with Crippen LogP contribution in [-0.4, -0.2) is 5.97 Å². The molecular weight excluding hydrogens is 352 g/mol. The Morgan fingerprint density at radius 1 is 0.783 bits per heavy atom. The van der Waals surface area contributed by atoms with Gasteiger partial charge in [0.15, 0.2) is 0 Å². The molecule has 0 fully saturated rings. The van der Waals surface area contributed by atoms with Crippen LogP contribution in [0.25, 0.3) is 11.1 Å². The molecule has 0 aromatic heterocycles. The molecule has 0 amide bonds. The van der Waals surface area contributed by atoms with E-state index in [-0.39, 0.29) is 5.97 Å². The minimum Gasteiger partial charge on any atom is -0.423 e. The molecule has 114 valence electrons. The summed E-state index contributed by atoms with van der Waals surface area (Å²) in [5.74, 6) is 0.175. The maximum atomic E-state index is 12.1. The van der Waals surface area contributed by atoms with Crippen molar-refractivity contribution in [2.24, 2.45) is 0 Å². The molecule has 0 saturated heterocycles. The quantitative estimate of drug-likeness (QED) is 0.442. The van der Waals surface area contributed by atoms with E-state index in [4.69, 9.17) is 4.74 Å². The van der Waals surface area contributed by atoms with Crippen LogP contribution in [0.2, 0.25) is 0 Å². The lowest BCUT2D eigenvalue weighted by molar-refractivity contribution is 0.0735. The molecule has 0 heterocycles. The number of rotatable bonds is 3. The number of halogens is 1. The fourth-order valence-electron chi connectivity index (χ4n) is 2.21. The Kier molecular flexibility index (Phi) is 4.58. The zero-order valence-corrected chi connectivity index (χ0v) is 14.2. The standard InChI is InChI=1S/C20H15BrO2/c1-14-2-4-15(5-3-14)16-8-12-19(13-9-16)23-20(22)17-6-10-18(21)11-7-17/h2-13H,1H3. The van der Waals surface area contributed by atoms with Crippen molar-refractivity contribution in [2.75, 3.05) is 0 Å². The Bertz CT molecular complexity index is 804. The number of carbonyl (C=O) groups is 1. The molecule has 3 aromatic rings. The highest BCUT2D eigenvalue weighted by atomic mass is 79.9. The van der Waals surface area contributed by atoms with Crippen molar-refractivity contribution in [1.29, 1.82) is 0 Å². The second-order valence-electron chi connectivity index (χ2n) is 5.29. The van der Waals surface area contributed by atoms with E-state index < -0.39 is 0 Å². The SMILES string of the molecule is Cc1ccc(-c2ccc(OC(=O)c3ccc(Br)cc3)cc2)cc1. The number of ether oxygens (including phenoxy) is 1. The van der Waals surface area contributed by atoms with Gasteiger partial charge >= 0.3 is 5.97 Å². The van der Waals surface area contributed by atoms with E-state index in [1.807, 2.05) is 36.4 Å². The van der Waals surface area contributed by atoms with E-state index in [9.17, 15) is 4.79 Å². The van der Waals surface area contributed by atoms with Gasteiger partial charge in [-0.05, 0) is 54.4 Å². The predicted octanol–water partition coefficient (Wildman–Crippen LogP) is 5.64. The average molecular weight is 367 g/mol. The van der Waals surface area contributed by atoms with Crippen molar-refractivity contribution in [3.63, 3.8) is 0 Å². The summed E-state index contributed by atoms with van der Waals surface area (Å²) in [7, 11) is 0. The van der Waals surface area contributed by atoms with Crippen LogP contribution in [0, 0.1) is 6.92 Å². The molecule has 3 heteroatoms. The fourth-order valence-corrected chi connectivity index (χ4v) is 2.48. The highest BCUT2D eigenvalue weighted by Gasteiger charge is 2.08. The summed E-state index contributed by atoms with van der Waals surface area (Å²) >= 11 is 3.34. The van der Waals surface area contributed by atoms with Crippen molar-refractivity contribution >= 4 is 21.9 Å². The molecular formula is C20H15BrO2. The maximum Gasteiger partial charge on any atom is 0.343 e. The minimum absolute atomic E-state index is 0.361. The summed E-state index contributed by atoms with van der Waals surface area (Å²) in [6.45, 7) is 2.06. The Labute approximate surface area is 143 Å². The van der Waals surface area contributed by atoms with Gasteiger partial charge in [-0.25, -0.2) is 4.79 Å². The van der Waals surface area contributed by atoms with Gasteiger partial charge in [0.1, 0.15) is 5.75 Å². The fraction of sp³-hybridized carbons (Fsp3) is 0.0500. The van der Waals surface area contributed by atoms with Gasteiger partial charge in [-0.1, -0.05) is 57.9 Å². The van der Waals surface area contributed by atoms with Crippen LogP contribution >= 0.6 is 15.9 Å². The monoisotopic (exact) mass is 366 g/mol. The smallest absolute Gasteiger partial charge is 0.343 e. The molecule has 0 aliphatic carbocycles. The van der Waals surface area contributed by atoms with Crippen molar-refractivity contribution < 1.29 is 9.53 Å². The summed E-state index contributed by atoms with van der Waals surface area (Å²) in [6, 6.07) is 22.9. The first kappa shape index (κ1) is 15.5. The summed E-state index contributed by atoms with van der Waals surface area (Å²) < 4.78 is 6.32. The van der Waals surface area contributed by atoms with Crippen molar-refractivity contribution in [2.45, 2.75) is 6.92 Å². The van der Waals surface area contributed by atoms with Crippen LogP contribution in [0.1, 0.15) is 15.9 Å². The maximum absolute atomic E-state index is 12.1. The molecule has 0 bridgehead atoms. The van der Waals surface area contributed by atoms with Crippen molar-refractivity contribution in [3.8, 4) is 16.9 Å². The largest absolute Gasteiger partial charge is 0.423 e. The molecule has 3 rings (SSSR count). The van der Waals surface area contributed by atoms with E-state index >= 15 is 0 Å². The predicted molar refractivity (Wildman–Crippen MR) is 95.7 cm³/mol. The lowest BCUT2D eigenvalue weighted by Gasteiger charge is -2.06. The number of hydrogen-bond donors (Lipinski definition) is 0. The van der Waals surface area contributed by atoms with Crippen molar-refractivity contribution in [1.82, 2.24) is 0 Å². The Hall–Kier alpha value is -2.39. The molecule has 0 aliphatic heterocycles. The van der Waals surface area contributed by atoms with E-state index in [2.05, 4.69) is 47.1 Å². The molecule has 0 atom stereocenters. The summed E-state index contributed by atoms with van der Waals surface area (Å²) in [4.78, 5) is 12.1. The van der Waals surface area contributed by atoms with Gasteiger partial charge in [0, 0.05) is 4.47 Å². The molecule has 0 N–H and O–H groups in total. The highest BCUT2D eigenvalue weighted by Crippen LogP contribution is 2.23. The molecule has 2 nitrogen and oxygen atoms in total. The van der Waals surface area contributed by atoms with E-state index in [1.165, 1.54) is 5.56 Å². The molecule has 0 spiro atoms. The number of aryl methyl sites for hydroxylation is 1. The molecule has 0 aliphatic rings. The van der Waals surface area contributed by atoms with E-state index in [1.54, 1.807) is 12.1 Å². The van der Waals surface area contributed by atoms with Gasteiger partial charge < -0.3 is 4.74 Å². The van der Waals surface area contributed by atoms with Gasteiger partial charge in [-0.2, -0.15) is 0 Å². The van der Waals surface area contributed by atoms with Crippen molar-refractivity contribution in [3.05, 3.63) is 88.4 Å². The number of hydrogen-bond acceptors (Lipinski definition) is 2. The molecule has 0 saturated carbocycles. The van der Waals surface area contributed by atoms with Gasteiger partial charge in [0.2, 0.25) is 0 Å². The lowest BCUT2D eigenvalue weighted by Crippen LogP contribution is -2.08. The van der Waals surface area contributed by atoms with Gasteiger partial charge in [-0.15, -0.1) is 0 Å². The third-order valence-electron chi connectivity index (χ3n) is 3.53. The zero-order valence-electron chi connectivity index (χ0n) is 12.6. The first-order valence-corrected chi connectivity index (χ1v) is 8.06. The Balaban J connectivity index is 1.73. The second-order valence-corrected chi connectivity index (χ2v) is 6.20. The first-order valence-electron chi connectivity index (χ1n) is 7.27. The second kappa shape index (κ2) is 6.80. The van der Waals surface area contributed by atoms with Crippen LogP contribution in [0.5, 0.6) is 5.75 Å². The highest BCUT2D eigenvalue weighted by molar-refractivity contribution is 9.10. The van der Waals surface area contributed by atoms with Crippen LogP contribution < -0.4 is 4.74 Å². The molecule has 0 unspecified atom stereocenters. The third-order valence-corrected chi connectivity index (χ3v) is 4.06. The normalized spacial score (nSPS) is 10.3. The number of carbonyl (C=O) groups excluding carboxylic acids is 1. The zero-order chi connectivity index (χ0) is 16.2. The number of esters is 1. The number of benzene rings is 3. The van der Waals surface area contributed by atoms with Gasteiger partial charge in [-0.3, -0.25) is 0 Å². The summed E-state index contributed by atoms with van der Waals surface area (Å²) in [6.07, 6.45) is 0. The van der Waals surface area contributed by atoms with Crippen LogP contribution in [0.15, 0.2) is 77.3 Å². The summed E-state index contributed by atoms with van der Waals surface area (Å²) in [5.41, 5.74) is 3.99. The van der Waals surface area contributed by atoms with Crippen LogP contribution in [0.4, 0.5) is 0 Å². The van der Waals surface area contributed by atoms with E-state index in [0.29, 0.717) is 11.3 Å². The van der Waals surface area contributed by atoms with Gasteiger partial charge in [0.05, 0.1) is 5.56 Å². The van der Waals surface area contributed by atoms with Crippen LogP contribution in [0.3, 0.4) is 0 Å². The third kappa shape index (κ3) is 3.88. The molecule has 3 aromatic carbocycles. The van der Waals surface area contributed by atoms with E-state index in [0.717, 1.165) is 15.6 Å². The van der Waals surface area contributed by atoms with Crippen LogP contribution in [-0.2, 0) is 0 Å². The Morgan fingerprint density at radius 2 is 1.30 bits per heavy atom. The first-order chi connectivity index (χ1) is 11.1. The topological polar surface area (TPSA) is 26.3 Å².